The summed E-state index contributed by atoms with van der Waals surface area (Å²) in [6.07, 6.45) is 0.835. The third kappa shape index (κ3) is 4.58. The third-order valence-corrected chi connectivity index (χ3v) is 5.52. The van der Waals surface area contributed by atoms with Crippen molar-refractivity contribution in [2.45, 2.75) is 17.0 Å². The van der Waals surface area contributed by atoms with Crippen molar-refractivity contribution in [3.05, 3.63) is 59.2 Å². The summed E-state index contributed by atoms with van der Waals surface area (Å²) in [4.78, 5) is 11.0. The molecule has 0 aliphatic carbocycles. The highest BCUT2D eigenvalue weighted by Crippen LogP contribution is 2.32. The zero-order valence-electron chi connectivity index (χ0n) is 13.9. The monoisotopic (exact) mass is 371 g/mol. The summed E-state index contributed by atoms with van der Waals surface area (Å²) in [5.41, 5.74) is 3.79. The van der Waals surface area contributed by atoms with E-state index in [4.69, 9.17) is 4.74 Å². The molecule has 0 saturated heterocycles. The van der Waals surface area contributed by atoms with Crippen molar-refractivity contribution in [3.8, 4) is 5.75 Å². The topological polar surface area (TPSA) is 64.1 Å². The molecule has 1 heterocycles. The lowest BCUT2D eigenvalue weighted by Gasteiger charge is -2.07. The number of nitrogens with one attached hydrogen (secondary N) is 1. The van der Waals surface area contributed by atoms with Crippen LogP contribution in [0.3, 0.4) is 0 Å². The minimum atomic E-state index is 0.635. The van der Waals surface area contributed by atoms with Crippen molar-refractivity contribution in [3.63, 3.8) is 0 Å². The number of thioether (sulfide) groups is 1. The van der Waals surface area contributed by atoms with E-state index in [0.29, 0.717) is 11.3 Å². The van der Waals surface area contributed by atoms with Gasteiger partial charge in [-0.15, -0.1) is 10.2 Å². The molecule has 0 bridgehead atoms. The Kier molecular flexibility index (Phi) is 5.67. The van der Waals surface area contributed by atoms with Crippen molar-refractivity contribution in [1.29, 1.82) is 0 Å². The van der Waals surface area contributed by atoms with E-state index >= 15 is 0 Å². The number of rotatable bonds is 7. The van der Waals surface area contributed by atoms with E-state index in [-0.39, 0.29) is 0 Å². The molecular formula is C18H17N3O2S2. The van der Waals surface area contributed by atoms with Crippen molar-refractivity contribution in [2.24, 2.45) is 0 Å². The van der Waals surface area contributed by atoms with Gasteiger partial charge in [-0.3, -0.25) is 4.79 Å². The zero-order valence-corrected chi connectivity index (χ0v) is 15.5. The predicted molar refractivity (Wildman–Crippen MR) is 102 cm³/mol. The molecule has 25 heavy (non-hydrogen) atoms. The van der Waals surface area contributed by atoms with Gasteiger partial charge in [0.1, 0.15) is 12.0 Å². The zero-order chi connectivity index (χ0) is 17.6. The van der Waals surface area contributed by atoms with Gasteiger partial charge in [0.25, 0.3) is 0 Å². The summed E-state index contributed by atoms with van der Waals surface area (Å²) >= 11 is 3.06. The van der Waals surface area contributed by atoms with E-state index in [1.54, 1.807) is 24.9 Å². The Morgan fingerprint density at radius 2 is 2.00 bits per heavy atom. The first kappa shape index (κ1) is 17.4. The maximum absolute atomic E-state index is 11.0. The number of anilines is 2. The Bertz CT molecular complexity index is 863. The molecule has 2 aromatic carbocycles. The van der Waals surface area contributed by atoms with Crippen LogP contribution in [-0.4, -0.2) is 23.6 Å². The van der Waals surface area contributed by atoms with Crippen LogP contribution in [0.1, 0.15) is 21.5 Å². The smallest absolute Gasteiger partial charge is 0.210 e. The summed E-state index contributed by atoms with van der Waals surface area (Å²) in [6.45, 7) is 2.05. The number of hydrogen-bond acceptors (Lipinski definition) is 7. The number of aryl methyl sites for hydroxylation is 1. The van der Waals surface area contributed by atoms with Gasteiger partial charge in [-0.25, -0.2) is 0 Å². The van der Waals surface area contributed by atoms with Crippen molar-refractivity contribution in [2.75, 3.05) is 12.4 Å². The van der Waals surface area contributed by atoms with Gasteiger partial charge in [0.2, 0.25) is 5.13 Å². The van der Waals surface area contributed by atoms with Crippen LogP contribution in [-0.2, 0) is 5.75 Å². The first-order valence-corrected chi connectivity index (χ1v) is 9.40. The van der Waals surface area contributed by atoms with Gasteiger partial charge in [0.05, 0.1) is 7.11 Å². The normalized spacial score (nSPS) is 10.5. The standard InChI is InChI=1S/C18H17N3O2S2/c1-12-3-6-15(7-4-12)19-17-20-21-18(25-17)24-11-14-9-13(10-22)5-8-16(14)23-2/h3-10H,11H2,1-2H3,(H,19,20). The quantitative estimate of drug-likeness (QED) is 0.480. The number of nitrogens with zero attached hydrogens (tertiary/aromatic N) is 2. The second-order valence-electron chi connectivity index (χ2n) is 5.34. The maximum atomic E-state index is 11.0. The van der Waals surface area contributed by atoms with Crippen LogP contribution in [0.4, 0.5) is 10.8 Å². The Morgan fingerprint density at radius 3 is 2.72 bits per heavy atom. The van der Waals surface area contributed by atoms with E-state index in [1.165, 1.54) is 16.9 Å². The molecule has 0 aliphatic rings. The number of hydrogen-bond donors (Lipinski definition) is 1. The molecule has 128 valence electrons. The van der Waals surface area contributed by atoms with Crippen LogP contribution >= 0.6 is 23.1 Å². The first-order chi connectivity index (χ1) is 12.2. The minimum absolute atomic E-state index is 0.635. The van der Waals surface area contributed by atoms with Crippen molar-refractivity contribution < 1.29 is 9.53 Å². The van der Waals surface area contributed by atoms with E-state index in [1.807, 2.05) is 36.4 Å². The fraction of sp³-hybridized carbons (Fsp3) is 0.167. The number of carbonyl (C=O) groups excluding carboxylic acids is 1. The summed E-state index contributed by atoms with van der Waals surface area (Å²) in [5.74, 6) is 1.42. The molecule has 0 amide bonds. The molecule has 3 rings (SSSR count). The van der Waals surface area contributed by atoms with Gasteiger partial charge < -0.3 is 10.1 Å². The highest BCUT2D eigenvalue weighted by molar-refractivity contribution is 8.00. The Hall–Kier alpha value is -2.38. The van der Waals surface area contributed by atoms with Gasteiger partial charge in [-0.05, 0) is 37.3 Å². The Balaban J connectivity index is 1.65. The van der Waals surface area contributed by atoms with E-state index in [0.717, 1.165) is 32.8 Å². The second kappa shape index (κ2) is 8.13. The summed E-state index contributed by atoms with van der Waals surface area (Å²) < 4.78 is 6.21. The fourth-order valence-corrected chi connectivity index (χ4v) is 3.95. The number of benzene rings is 2. The number of methoxy groups -OCH3 is 1. The lowest BCUT2D eigenvalue weighted by molar-refractivity contribution is 0.112. The molecule has 1 N–H and O–H groups in total. The van der Waals surface area contributed by atoms with Crippen LogP contribution < -0.4 is 10.1 Å². The molecule has 5 nitrogen and oxygen atoms in total. The minimum Gasteiger partial charge on any atom is -0.496 e. The molecule has 3 aromatic rings. The molecule has 7 heteroatoms. The Labute approximate surface area is 154 Å². The third-order valence-electron chi connectivity index (χ3n) is 3.50. The predicted octanol–water partition coefficient (Wildman–Crippen LogP) is 4.70. The van der Waals surface area contributed by atoms with Crippen LogP contribution in [0.5, 0.6) is 5.75 Å². The Morgan fingerprint density at radius 1 is 1.20 bits per heavy atom. The second-order valence-corrected chi connectivity index (χ2v) is 7.54. The van der Waals surface area contributed by atoms with Gasteiger partial charge in [-0.1, -0.05) is 40.8 Å². The van der Waals surface area contributed by atoms with Crippen molar-refractivity contribution in [1.82, 2.24) is 10.2 Å². The molecule has 0 unspecified atom stereocenters. The van der Waals surface area contributed by atoms with Gasteiger partial charge in [-0.2, -0.15) is 0 Å². The number of ether oxygens (including phenoxy) is 1. The molecule has 0 saturated carbocycles. The number of carbonyl (C=O) groups is 1. The van der Waals surface area contributed by atoms with Crippen LogP contribution in [0.15, 0.2) is 46.8 Å². The molecule has 1 aromatic heterocycles. The van der Waals surface area contributed by atoms with Crippen LogP contribution in [0, 0.1) is 6.92 Å². The summed E-state index contributed by atoms with van der Waals surface area (Å²) in [6, 6.07) is 13.5. The number of aromatic nitrogens is 2. The van der Waals surface area contributed by atoms with Crippen LogP contribution in [0.2, 0.25) is 0 Å². The molecule has 0 fully saturated rings. The van der Waals surface area contributed by atoms with E-state index < -0.39 is 0 Å². The number of aldehydes is 1. The first-order valence-electron chi connectivity index (χ1n) is 7.60. The lowest BCUT2D eigenvalue weighted by atomic mass is 10.1. The highest BCUT2D eigenvalue weighted by atomic mass is 32.2. The molecular weight excluding hydrogens is 354 g/mol. The van der Waals surface area contributed by atoms with Crippen molar-refractivity contribution >= 4 is 40.2 Å². The summed E-state index contributed by atoms with van der Waals surface area (Å²) in [5, 5.41) is 12.4. The summed E-state index contributed by atoms with van der Waals surface area (Å²) in [7, 11) is 1.62. The molecule has 0 spiro atoms. The van der Waals surface area contributed by atoms with Gasteiger partial charge in [0, 0.05) is 22.6 Å². The SMILES string of the molecule is COc1ccc(C=O)cc1CSc1nnc(Nc2ccc(C)cc2)s1. The van der Waals surface area contributed by atoms with Gasteiger partial charge in [0.15, 0.2) is 4.34 Å². The molecule has 0 atom stereocenters. The average molecular weight is 371 g/mol. The van der Waals surface area contributed by atoms with Crippen LogP contribution in [0.25, 0.3) is 0 Å². The van der Waals surface area contributed by atoms with Gasteiger partial charge >= 0.3 is 0 Å². The largest absolute Gasteiger partial charge is 0.496 e. The molecule has 0 radical (unpaired) electrons. The average Bonchev–Trinajstić information content (AvgIpc) is 3.09. The maximum Gasteiger partial charge on any atom is 0.210 e. The fourth-order valence-electron chi connectivity index (χ4n) is 2.20. The van der Waals surface area contributed by atoms with E-state index in [2.05, 4.69) is 22.4 Å². The highest BCUT2D eigenvalue weighted by Gasteiger charge is 2.09. The van der Waals surface area contributed by atoms with E-state index in [9.17, 15) is 4.79 Å². The lowest BCUT2D eigenvalue weighted by Crippen LogP contribution is -1.92. The molecule has 0 aliphatic heterocycles.